The molecule has 0 unspecified atom stereocenters. The lowest BCUT2D eigenvalue weighted by Crippen LogP contribution is -2.34. The zero-order chi connectivity index (χ0) is 16.5. The minimum Gasteiger partial charge on any atom is -0.466 e. The number of nitrogens with one attached hydrogen (secondary N) is 2. The highest BCUT2D eigenvalue weighted by Crippen LogP contribution is 2.17. The van der Waals surface area contributed by atoms with Crippen LogP contribution in [0.15, 0.2) is 18.2 Å². The Morgan fingerprint density at radius 3 is 2.64 bits per heavy atom. The van der Waals surface area contributed by atoms with Crippen molar-refractivity contribution in [2.24, 2.45) is 0 Å². The van der Waals surface area contributed by atoms with Crippen molar-refractivity contribution in [3.8, 4) is 0 Å². The predicted molar refractivity (Wildman–Crippen MR) is 90.8 cm³/mol. The molecular weight excluding hydrogens is 300 g/mol. The van der Waals surface area contributed by atoms with Gasteiger partial charge in [0, 0.05) is 12.1 Å². The van der Waals surface area contributed by atoms with Gasteiger partial charge in [-0.05, 0) is 49.7 Å². The van der Waals surface area contributed by atoms with Crippen molar-refractivity contribution in [1.29, 1.82) is 0 Å². The zero-order valence-electron chi connectivity index (χ0n) is 13.2. The van der Waals surface area contributed by atoms with Crippen LogP contribution in [0.25, 0.3) is 0 Å². The van der Waals surface area contributed by atoms with Crippen molar-refractivity contribution in [2.75, 3.05) is 11.9 Å². The van der Waals surface area contributed by atoms with Crippen LogP contribution < -0.4 is 10.6 Å². The molecule has 2 N–H and O–H groups in total. The zero-order valence-corrected chi connectivity index (χ0v) is 14.0. The van der Waals surface area contributed by atoms with Crippen LogP contribution in [0.3, 0.4) is 0 Å². The van der Waals surface area contributed by atoms with Crippen molar-refractivity contribution in [2.45, 2.75) is 40.0 Å². The molecule has 120 valence electrons. The number of thiocarbonyl (C=S) groups is 1. The summed E-state index contributed by atoms with van der Waals surface area (Å²) in [4.78, 5) is 23.0. The van der Waals surface area contributed by atoms with Gasteiger partial charge in [0.15, 0.2) is 5.11 Å². The summed E-state index contributed by atoms with van der Waals surface area (Å²) in [6, 6.07) is 5.81. The SMILES string of the molecule is CCCOC(=O)CCC(=O)NC(=S)Nc1cccc(C)c1C. The van der Waals surface area contributed by atoms with Crippen LogP contribution >= 0.6 is 12.2 Å². The van der Waals surface area contributed by atoms with Gasteiger partial charge in [-0.3, -0.25) is 9.59 Å². The highest BCUT2D eigenvalue weighted by atomic mass is 32.1. The topological polar surface area (TPSA) is 67.4 Å². The maximum Gasteiger partial charge on any atom is 0.306 e. The molecule has 1 rings (SSSR count). The molecule has 22 heavy (non-hydrogen) atoms. The Bertz CT molecular complexity index is 558. The van der Waals surface area contributed by atoms with Crippen molar-refractivity contribution in [3.05, 3.63) is 29.3 Å². The van der Waals surface area contributed by atoms with Crippen LogP contribution in [0.4, 0.5) is 5.69 Å². The fourth-order valence-corrected chi connectivity index (χ4v) is 1.96. The van der Waals surface area contributed by atoms with Crippen LogP contribution in [-0.2, 0) is 14.3 Å². The van der Waals surface area contributed by atoms with Gasteiger partial charge < -0.3 is 15.4 Å². The van der Waals surface area contributed by atoms with E-state index in [1.54, 1.807) is 0 Å². The average Bonchev–Trinajstić information content (AvgIpc) is 2.47. The van der Waals surface area contributed by atoms with Gasteiger partial charge >= 0.3 is 5.97 Å². The molecule has 0 saturated carbocycles. The monoisotopic (exact) mass is 322 g/mol. The standard InChI is InChI=1S/C16H22N2O3S/c1-4-10-21-15(20)9-8-14(19)18-16(22)17-13-7-5-6-11(2)12(13)3/h5-7H,4,8-10H2,1-3H3,(H2,17,18,19,22). The summed E-state index contributed by atoms with van der Waals surface area (Å²) >= 11 is 5.11. The van der Waals surface area contributed by atoms with E-state index in [4.69, 9.17) is 17.0 Å². The average molecular weight is 322 g/mol. The molecule has 6 heteroatoms. The molecule has 0 bridgehead atoms. The number of hydrogen-bond donors (Lipinski definition) is 2. The first-order valence-electron chi connectivity index (χ1n) is 7.26. The number of aryl methyl sites for hydroxylation is 1. The number of ether oxygens (including phenoxy) is 1. The number of hydrogen-bond acceptors (Lipinski definition) is 4. The Morgan fingerprint density at radius 2 is 1.95 bits per heavy atom. The summed E-state index contributed by atoms with van der Waals surface area (Å²) in [5, 5.41) is 5.77. The van der Waals surface area contributed by atoms with Crippen molar-refractivity contribution in [3.63, 3.8) is 0 Å². The number of carbonyl (C=O) groups excluding carboxylic acids is 2. The molecule has 1 amide bonds. The lowest BCUT2D eigenvalue weighted by Gasteiger charge is -2.13. The third-order valence-electron chi connectivity index (χ3n) is 3.13. The van der Waals surface area contributed by atoms with Gasteiger partial charge in [0.05, 0.1) is 13.0 Å². The van der Waals surface area contributed by atoms with Gasteiger partial charge in [-0.25, -0.2) is 0 Å². The molecule has 0 heterocycles. The predicted octanol–water partition coefficient (Wildman–Crippen LogP) is 2.85. The molecule has 0 saturated heterocycles. The maximum absolute atomic E-state index is 11.7. The Kier molecular flexibility index (Phi) is 7.52. The smallest absolute Gasteiger partial charge is 0.306 e. The Morgan fingerprint density at radius 1 is 1.23 bits per heavy atom. The van der Waals surface area contributed by atoms with E-state index in [1.807, 2.05) is 39.0 Å². The molecular formula is C16H22N2O3S. The first kappa shape index (κ1) is 18.1. The van der Waals surface area contributed by atoms with Crippen molar-refractivity contribution in [1.82, 2.24) is 5.32 Å². The molecule has 0 aliphatic carbocycles. The first-order chi connectivity index (χ1) is 10.4. The summed E-state index contributed by atoms with van der Waals surface area (Å²) in [5.41, 5.74) is 3.06. The number of anilines is 1. The molecule has 5 nitrogen and oxygen atoms in total. The van der Waals surface area contributed by atoms with Crippen LogP contribution in [0.1, 0.15) is 37.3 Å². The third kappa shape index (κ3) is 6.22. The van der Waals surface area contributed by atoms with Crippen molar-refractivity contribution >= 4 is 34.9 Å². The minimum atomic E-state index is -0.370. The minimum absolute atomic E-state index is 0.0527. The Balaban J connectivity index is 2.40. The molecule has 1 aromatic rings. The lowest BCUT2D eigenvalue weighted by atomic mass is 10.1. The highest BCUT2D eigenvalue weighted by Gasteiger charge is 2.10. The molecule has 1 aromatic carbocycles. The number of carbonyl (C=O) groups is 2. The van der Waals surface area contributed by atoms with Crippen molar-refractivity contribution < 1.29 is 14.3 Å². The van der Waals surface area contributed by atoms with Gasteiger partial charge in [-0.15, -0.1) is 0 Å². The second-order valence-corrected chi connectivity index (χ2v) is 5.38. The highest BCUT2D eigenvalue weighted by molar-refractivity contribution is 7.80. The fraction of sp³-hybridized carbons (Fsp3) is 0.438. The second kappa shape index (κ2) is 9.15. The molecule has 0 atom stereocenters. The van der Waals surface area contributed by atoms with Crippen LogP contribution in [-0.4, -0.2) is 23.6 Å². The second-order valence-electron chi connectivity index (χ2n) is 4.97. The number of benzene rings is 1. The lowest BCUT2D eigenvalue weighted by molar-refractivity contribution is -0.144. The largest absolute Gasteiger partial charge is 0.466 e. The van der Waals surface area contributed by atoms with Gasteiger partial charge in [0.2, 0.25) is 5.91 Å². The molecule has 0 aliphatic heterocycles. The van der Waals surface area contributed by atoms with Gasteiger partial charge in [-0.1, -0.05) is 19.1 Å². The van der Waals surface area contributed by atoms with Gasteiger partial charge in [0.25, 0.3) is 0 Å². The molecule has 0 aromatic heterocycles. The normalized spacial score (nSPS) is 9.95. The van der Waals surface area contributed by atoms with E-state index in [0.29, 0.717) is 6.61 Å². The van der Waals surface area contributed by atoms with E-state index in [9.17, 15) is 9.59 Å². The number of esters is 1. The third-order valence-corrected chi connectivity index (χ3v) is 3.33. The quantitative estimate of drug-likeness (QED) is 0.623. The van der Waals surface area contributed by atoms with Gasteiger partial charge in [-0.2, -0.15) is 0 Å². The van der Waals surface area contributed by atoms with E-state index in [-0.39, 0.29) is 29.8 Å². The number of rotatable bonds is 6. The van der Waals surface area contributed by atoms with Crippen LogP contribution in [0.5, 0.6) is 0 Å². The summed E-state index contributed by atoms with van der Waals surface area (Å²) < 4.78 is 4.90. The molecule has 0 radical (unpaired) electrons. The summed E-state index contributed by atoms with van der Waals surface area (Å²) in [7, 11) is 0. The Labute approximate surface area is 136 Å². The van der Waals surface area contributed by atoms with Gasteiger partial charge in [0.1, 0.15) is 0 Å². The van der Waals surface area contributed by atoms with E-state index >= 15 is 0 Å². The van der Waals surface area contributed by atoms with Crippen LogP contribution in [0.2, 0.25) is 0 Å². The molecule has 0 fully saturated rings. The first-order valence-corrected chi connectivity index (χ1v) is 7.67. The summed E-state index contributed by atoms with van der Waals surface area (Å²) in [6.07, 6.45) is 0.872. The fourth-order valence-electron chi connectivity index (χ4n) is 1.73. The summed E-state index contributed by atoms with van der Waals surface area (Å²) in [5.74, 6) is -0.679. The van der Waals surface area contributed by atoms with E-state index in [1.165, 1.54) is 0 Å². The maximum atomic E-state index is 11.7. The number of amides is 1. The van der Waals surface area contributed by atoms with Crippen LogP contribution in [0, 0.1) is 13.8 Å². The molecule has 0 aliphatic rings. The Hall–Kier alpha value is -1.95. The van der Waals surface area contributed by atoms with E-state index in [0.717, 1.165) is 23.2 Å². The van der Waals surface area contributed by atoms with E-state index < -0.39 is 0 Å². The van der Waals surface area contributed by atoms with E-state index in [2.05, 4.69) is 10.6 Å². The molecule has 0 spiro atoms. The summed E-state index contributed by atoms with van der Waals surface area (Å²) in [6.45, 7) is 6.28.